The topological polar surface area (TPSA) is 95.2 Å². The molecule has 168 valence electrons. The highest BCUT2D eigenvalue weighted by Crippen LogP contribution is 2.30. The van der Waals surface area contributed by atoms with E-state index in [4.69, 9.17) is 10.1 Å². The Morgan fingerprint density at radius 1 is 1.12 bits per heavy atom. The molecule has 0 saturated carbocycles. The minimum Gasteiger partial charge on any atom is -0.423 e. The Kier molecular flexibility index (Phi) is 5.95. The Balaban J connectivity index is 1.30. The van der Waals surface area contributed by atoms with Gasteiger partial charge in [-0.05, 0) is 66.0 Å². The van der Waals surface area contributed by atoms with E-state index in [9.17, 15) is 9.59 Å². The summed E-state index contributed by atoms with van der Waals surface area (Å²) in [5, 5.41) is 17.6. The molecular formula is C25H18N4O3S2. The van der Waals surface area contributed by atoms with E-state index in [1.165, 1.54) is 16.8 Å². The molecule has 2 aromatic carbocycles. The molecule has 0 atom stereocenters. The number of fused-ring (bicyclic) bond motifs is 1. The molecule has 3 heterocycles. The highest BCUT2D eigenvalue weighted by molar-refractivity contribution is 8.27. The zero-order chi connectivity index (χ0) is 23.7. The largest absolute Gasteiger partial charge is 0.423 e. The number of hydrogen-bond acceptors (Lipinski definition) is 7. The molecule has 0 saturated heterocycles. The Hall–Kier alpha value is -3.82. The van der Waals surface area contributed by atoms with E-state index < -0.39 is 11.9 Å². The molecule has 7 nitrogen and oxygen atoms in total. The van der Waals surface area contributed by atoms with E-state index >= 15 is 0 Å². The first kappa shape index (κ1) is 22.0. The fraction of sp³-hybridized carbons (Fsp3) is 0.0800. The summed E-state index contributed by atoms with van der Waals surface area (Å²) in [7, 11) is 0. The fourth-order valence-electron chi connectivity index (χ4n) is 3.32. The van der Waals surface area contributed by atoms with Crippen LogP contribution >= 0.6 is 23.1 Å². The van der Waals surface area contributed by atoms with E-state index in [0.717, 1.165) is 15.5 Å². The van der Waals surface area contributed by atoms with Crippen molar-refractivity contribution in [3.05, 3.63) is 93.2 Å². The van der Waals surface area contributed by atoms with Crippen molar-refractivity contribution in [1.29, 1.82) is 5.41 Å². The summed E-state index contributed by atoms with van der Waals surface area (Å²) in [6, 6.07) is 17.9. The molecule has 3 aromatic rings. The van der Waals surface area contributed by atoms with Crippen LogP contribution in [0, 0.1) is 12.3 Å². The second kappa shape index (κ2) is 9.20. The third kappa shape index (κ3) is 4.61. The number of carbonyl (C=O) groups excluding carboxylic acids is 2. The van der Waals surface area contributed by atoms with Crippen molar-refractivity contribution in [2.45, 2.75) is 13.3 Å². The Morgan fingerprint density at radius 2 is 1.88 bits per heavy atom. The van der Waals surface area contributed by atoms with Crippen LogP contribution in [0.4, 0.5) is 0 Å². The molecule has 0 bridgehead atoms. The van der Waals surface area contributed by atoms with Crippen molar-refractivity contribution in [2.75, 3.05) is 0 Å². The number of amidine groups is 2. The molecular weight excluding hydrogens is 468 g/mol. The number of nitrogens with zero attached hydrogens (tertiary/aromatic N) is 3. The number of benzene rings is 2. The SMILES string of the molecule is Cc1ccc(C(=O)Oc2ccc(C=C3C(=N)N4N=C(Cc5cccs5)SC4=NC3=O)cc2)cc1. The van der Waals surface area contributed by atoms with Crippen LogP contribution in [-0.2, 0) is 11.2 Å². The number of aryl methyl sites for hydroxylation is 1. The first-order valence-corrected chi connectivity index (χ1v) is 12.1. The summed E-state index contributed by atoms with van der Waals surface area (Å²) in [5.41, 5.74) is 2.35. The fourth-order valence-corrected chi connectivity index (χ4v) is 5.03. The first-order chi connectivity index (χ1) is 16.5. The molecule has 1 N–H and O–H groups in total. The zero-order valence-electron chi connectivity index (χ0n) is 18.0. The van der Waals surface area contributed by atoms with Crippen LogP contribution < -0.4 is 4.74 Å². The van der Waals surface area contributed by atoms with Crippen LogP contribution in [-0.4, -0.2) is 32.9 Å². The van der Waals surface area contributed by atoms with E-state index in [-0.39, 0.29) is 11.4 Å². The van der Waals surface area contributed by atoms with Gasteiger partial charge in [0.2, 0.25) is 5.17 Å². The number of thiophene rings is 1. The lowest BCUT2D eigenvalue weighted by Crippen LogP contribution is -2.35. The van der Waals surface area contributed by atoms with Gasteiger partial charge in [-0.3, -0.25) is 10.2 Å². The maximum absolute atomic E-state index is 12.6. The maximum atomic E-state index is 12.6. The van der Waals surface area contributed by atoms with Gasteiger partial charge in [0.15, 0.2) is 5.84 Å². The average Bonchev–Trinajstić information content (AvgIpc) is 3.48. The molecule has 1 aromatic heterocycles. The van der Waals surface area contributed by atoms with Gasteiger partial charge in [0, 0.05) is 11.3 Å². The molecule has 5 rings (SSSR count). The van der Waals surface area contributed by atoms with Gasteiger partial charge in [-0.15, -0.1) is 11.3 Å². The van der Waals surface area contributed by atoms with Gasteiger partial charge in [-0.25, -0.2) is 4.79 Å². The number of nitrogens with one attached hydrogen (secondary N) is 1. The highest BCUT2D eigenvalue weighted by Gasteiger charge is 2.35. The summed E-state index contributed by atoms with van der Waals surface area (Å²) in [6.07, 6.45) is 2.23. The lowest BCUT2D eigenvalue weighted by atomic mass is 10.1. The van der Waals surface area contributed by atoms with Crippen LogP contribution in [0.25, 0.3) is 6.08 Å². The summed E-state index contributed by atoms with van der Waals surface area (Å²) in [5.74, 6) is -0.554. The Morgan fingerprint density at radius 3 is 2.59 bits per heavy atom. The molecule has 34 heavy (non-hydrogen) atoms. The predicted octanol–water partition coefficient (Wildman–Crippen LogP) is 5.14. The monoisotopic (exact) mass is 486 g/mol. The number of thioether (sulfide) groups is 1. The lowest BCUT2D eigenvalue weighted by Gasteiger charge is -2.20. The number of rotatable bonds is 5. The van der Waals surface area contributed by atoms with Crippen molar-refractivity contribution in [2.24, 2.45) is 10.1 Å². The number of esters is 1. The van der Waals surface area contributed by atoms with Gasteiger partial charge < -0.3 is 4.74 Å². The van der Waals surface area contributed by atoms with Crippen molar-refractivity contribution in [1.82, 2.24) is 5.01 Å². The average molecular weight is 487 g/mol. The van der Waals surface area contributed by atoms with Crippen LogP contribution in [0.2, 0.25) is 0 Å². The molecule has 1 amide bonds. The summed E-state index contributed by atoms with van der Waals surface area (Å²) in [4.78, 5) is 30.2. The van der Waals surface area contributed by atoms with Gasteiger partial charge in [-0.2, -0.15) is 15.1 Å². The minimum absolute atomic E-state index is 0.0152. The van der Waals surface area contributed by atoms with Gasteiger partial charge >= 0.3 is 5.97 Å². The summed E-state index contributed by atoms with van der Waals surface area (Å²) < 4.78 is 5.42. The number of amides is 1. The van der Waals surface area contributed by atoms with Crippen molar-refractivity contribution in [3.8, 4) is 5.75 Å². The molecule has 0 unspecified atom stereocenters. The third-order valence-electron chi connectivity index (χ3n) is 5.09. The van der Waals surface area contributed by atoms with Crippen LogP contribution in [0.15, 0.2) is 81.7 Å². The number of hydrazone groups is 1. The third-order valence-corrected chi connectivity index (χ3v) is 6.88. The van der Waals surface area contributed by atoms with Crippen LogP contribution in [0.5, 0.6) is 5.75 Å². The van der Waals surface area contributed by atoms with Crippen molar-refractivity contribution in [3.63, 3.8) is 0 Å². The molecule has 2 aliphatic rings. The quantitative estimate of drug-likeness (QED) is 0.306. The molecule has 0 spiro atoms. The zero-order valence-corrected chi connectivity index (χ0v) is 19.7. The molecule has 2 aliphatic heterocycles. The molecule has 0 aliphatic carbocycles. The standard InChI is InChI=1S/C25H18N4O3S2/c1-15-4-8-17(9-5-15)24(31)32-18-10-6-16(7-11-18)13-20-22(26)29-25(27-23(20)30)34-21(28-29)14-19-3-2-12-33-19/h2-13,26H,14H2,1H3. The van der Waals surface area contributed by atoms with E-state index in [1.54, 1.807) is 53.8 Å². The summed E-state index contributed by atoms with van der Waals surface area (Å²) >= 11 is 2.95. The van der Waals surface area contributed by atoms with Gasteiger partial charge in [-0.1, -0.05) is 35.9 Å². The number of hydrogen-bond donors (Lipinski definition) is 1. The maximum Gasteiger partial charge on any atom is 0.343 e. The van der Waals surface area contributed by atoms with Crippen LogP contribution in [0.3, 0.4) is 0 Å². The second-order valence-electron chi connectivity index (χ2n) is 7.59. The van der Waals surface area contributed by atoms with Gasteiger partial charge in [0.05, 0.1) is 11.1 Å². The molecule has 0 radical (unpaired) electrons. The van der Waals surface area contributed by atoms with E-state index in [2.05, 4.69) is 10.1 Å². The Bertz CT molecular complexity index is 1370. The first-order valence-electron chi connectivity index (χ1n) is 10.4. The molecule has 0 fully saturated rings. The number of carbonyl (C=O) groups is 2. The van der Waals surface area contributed by atoms with E-state index in [1.807, 2.05) is 36.6 Å². The smallest absolute Gasteiger partial charge is 0.343 e. The van der Waals surface area contributed by atoms with Crippen LogP contribution in [0.1, 0.15) is 26.4 Å². The van der Waals surface area contributed by atoms with E-state index in [0.29, 0.717) is 28.5 Å². The van der Waals surface area contributed by atoms with Crippen molar-refractivity contribution < 1.29 is 14.3 Å². The highest BCUT2D eigenvalue weighted by atomic mass is 32.2. The number of aliphatic imine (C=N–C) groups is 1. The number of ether oxygens (including phenoxy) is 1. The normalized spacial score (nSPS) is 16.4. The van der Waals surface area contributed by atoms with Gasteiger partial charge in [0.1, 0.15) is 10.8 Å². The minimum atomic E-state index is -0.480. The van der Waals surface area contributed by atoms with Crippen molar-refractivity contribution >= 4 is 57.1 Å². The predicted molar refractivity (Wildman–Crippen MR) is 136 cm³/mol. The second-order valence-corrected chi connectivity index (χ2v) is 9.67. The Labute approximate surface area is 204 Å². The lowest BCUT2D eigenvalue weighted by molar-refractivity contribution is -0.114. The van der Waals surface area contributed by atoms with Gasteiger partial charge in [0.25, 0.3) is 5.91 Å². The summed E-state index contributed by atoms with van der Waals surface area (Å²) in [6.45, 7) is 1.95. The molecule has 9 heteroatoms.